The minimum absolute atomic E-state index is 0.0435. The molecule has 1 aliphatic carbocycles. The van der Waals surface area contributed by atoms with Crippen LogP contribution in [0.15, 0.2) is 60.9 Å². The van der Waals surface area contributed by atoms with Crippen LogP contribution in [-0.2, 0) is 12.8 Å². The van der Waals surface area contributed by atoms with Crippen molar-refractivity contribution in [3.8, 4) is 11.4 Å². The molecule has 0 spiro atoms. The normalized spacial score (nSPS) is 15.4. The van der Waals surface area contributed by atoms with Gasteiger partial charge < -0.3 is 15.0 Å². The number of ether oxygens (including phenoxy) is 1. The van der Waals surface area contributed by atoms with Gasteiger partial charge in [-0.1, -0.05) is 11.6 Å². The van der Waals surface area contributed by atoms with Crippen molar-refractivity contribution in [2.45, 2.75) is 25.3 Å². The number of nitrogens with one attached hydrogen (secondary N) is 2. The fourth-order valence-corrected chi connectivity index (χ4v) is 4.86. The predicted octanol–water partition coefficient (Wildman–Crippen LogP) is 4.85. The van der Waals surface area contributed by atoms with Crippen LogP contribution in [0.1, 0.15) is 28.2 Å². The number of H-pyrrole nitrogens is 1. The molecule has 5 aromatic rings. The molecule has 7 nitrogen and oxygen atoms in total. The van der Waals surface area contributed by atoms with E-state index in [2.05, 4.69) is 21.5 Å². The van der Waals surface area contributed by atoms with Crippen LogP contribution in [0.3, 0.4) is 0 Å². The number of methoxy groups -OCH3 is 1. The molecule has 3 aromatic heterocycles. The highest BCUT2D eigenvalue weighted by molar-refractivity contribution is 6.31. The summed E-state index contributed by atoms with van der Waals surface area (Å²) in [4.78, 5) is 20.5. The summed E-state index contributed by atoms with van der Waals surface area (Å²) in [7, 11) is 1.66. The number of benzene rings is 2. The lowest BCUT2D eigenvalue weighted by Crippen LogP contribution is -2.38. The maximum atomic E-state index is 12.9. The molecule has 1 unspecified atom stereocenters. The van der Waals surface area contributed by atoms with Crippen molar-refractivity contribution in [3.63, 3.8) is 0 Å². The highest BCUT2D eigenvalue weighted by Crippen LogP contribution is 2.28. The molecule has 0 saturated heterocycles. The number of aromatic amines is 1. The van der Waals surface area contributed by atoms with Gasteiger partial charge in [0.25, 0.3) is 5.91 Å². The molecular formula is C26H22ClN5O2. The first kappa shape index (κ1) is 20.7. The fourth-order valence-electron chi connectivity index (χ4n) is 4.68. The van der Waals surface area contributed by atoms with Crippen LogP contribution >= 0.6 is 11.6 Å². The first-order chi connectivity index (χ1) is 16.6. The second-order valence-corrected chi connectivity index (χ2v) is 9.02. The van der Waals surface area contributed by atoms with Crippen LogP contribution in [0.2, 0.25) is 5.02 Å². The van der Waals surface area contributed by atoms with E-state index in [1.54, 1.807) is 13.3 Å². The smallest absolute Gasteiger partial charge is 0.267 e. The van der Waals surface area contributed by atoms with Crippen molar-refractivity contribution in [2.75, 3.05) is 7.11 Å². The molecule has 34 heavy (non-hydrogen) atoms. The Kier molecular flexibility index (Phi) is 4.99. The Labute approximate surface area is 200 Å². The first-order valence-corrected chi connectivity index (χ1v) is 11.5. The molecule has 0 aliphatic heterocycles. The lowest BCUT2D eigenvalue weighted by atomic mass is 9.93. The fraction of sp³-hybridized carbons (Fsp3) is 0.192. The van der Waals surface area contributed by atoms with E-state index in [0.717, 1.165) is 63.8 Å². The molecule has 0 radical (unpaired) electrons. The Morgan fingerprint density at radius 1 is 1.21 bits per heavy atom. The Morgan fingerprint density at radius 2 is 2.12 bits per heavy atom. The third-order valence-corrected chi connectivity index (χ3v) is 6.64. The monoisotopic (exact) mass is 471 g/mol. The van der Waals surface area contributed by atoms with Crippen molar-refractivity contribution in [2.24, 2.45) is 0 Å². The van der Waals surface area contributed by atoms with E-state index in [9.17, 15) is 4.79 Å². The zero-order chi connectivity index (χ0) is 23.2. The number of hydrogen-bond donors (Lipinski definition) is 2. The van der Waals surface area contributed by atoms with Crippen molar-refractivity contribution in [3.05, 3.63) is 82.9 Å². The topological polar surface area (TPSA) is 84.8 Å². The van der Waals surface area contributed by atoms with Gasteiger partial charge in [0, 0.05) is 39.7 Å². The summed E-state index contributed by atoms with van der Waals surface area (Å²) in [6.07, 6.45) is 6.24. The van der Waals surface area contributed by atoms with E-state index in [0.29, 0.717) is 10.7 Å². The highest BCUT2D eigenvalue weighted by atomic mass is 35.5. The van der Waals surface area contributed by atoms with E-state index in [4.69, 9.17) is 21.4 Å². The zero-order valence-electron chi connectivity index (χ0n) is 18.5. The van der Waals surface area contributed by atoms with Gasteiger partial charge in [-0.3, -0.25) is 9.78 Å². The van der Waals surface area contributed by atoms with Crippen LogP contribution in [0, 0.1) is 0 Å². The molecule has 0 fully saturated rings. The second kappa shape index (κ2) is 8.18. The summed E-state index contributed by atoms with van der Waals surface area (Å²) >= 11 is 6.07. The molecule has 170 valence electrons. The van der Waals surface area contributed by atoms with Crippen LogP contribution in [-0.4, -0.2) is 38.8 Å². The number of pyridine rings is 1. The van der Waals surface area contributed by atoms with Gasteiger partial charge >= 0.3 is 0 Å². The standard InChI is InChI=1S/C26H22ClN5O2/c1-34-19-4-7-23-20(13-19)25(8-9-28-23)32-14-16-11-18(3-6-22(16)31-32)29-26(33)24-12-15-10-17(27)2-5-21(15)30-24/h2,4-5,7-10,12-14,18,30H,3,6,11H2,1H3,(H,29,33). The number of amides is 1. The van der Waals surface area contributed by atoms with Crippen LogP contribution in [0.4, 0.5) is 0 Å². The van der Waals surface area contributed by atoms with E-state index < -0.39 is 0 Å². The van der Waals surface area contributed by atoms with Crippen molar-refractivity contribution in [1.29, 1.82) is 0 Å². The Morgan fingerprint density at radius 3 is 3.00 bits per heavy atom. The minimum atomic E-state index is -0.111. The van der Waals surface area contributed by atoms with Gasteiger partial charge in [0.2, 0.25) is 0 Å². The van der Waals surface area contributed by atoms with E-state index in [-0.39, 0.29) is 11.9 Å². The molecule has 2 aromatic carbocycles. The number of carbonyl (C=O) groups is 1. The van der Waals surface area contributed by atoms with E-state index in [1.165, 1.54) is 0 Å². The summed E-state index contributed by atoms with van der Waals surface area (Å²) in [6, 6.07) is 15.2. The van der Waals surface area contributed by atoms with Crippen LogP contribution in [0.5, 0.6) is 5.75 Å². The molecule has 3 heterocycles. The van der Waals surface area contributed by atoms with Crippen molar-refractivity contribution in [1.82, 2.24) is 25.1 Å². The predicted molar refractivity (Wildman–Crippen MR) is 132 cm³/mol. The summed E-state index contributed by atoms with van der Waals surface area (Å²) in [6.45, 7) is 0. The molecular weight excluding hydrogens is 450 g/mol. The van der Waals surface area contributed by atoms with Gasteiger partial charge in [-0.25, -0.2) is 4.68 Å². The van der Waals surface area contributed by atoms with Crippen molar-refractivity contribution >= 4 is 39.3 Å². The van der Waals surface area contributed by atoms with Gasteiger partial charge in [-0.2, -0.15) is 5.10 Å². The van der Waals surface area contributed by atoms with Crippen molar-refractivity contribution < 1.29 is 9.53 Å². The summed E-state index contributed by atoms with van der Waals surface area (Å²) in [5.41, 5.74) is 5.48. The van der Waals surface area contributed by atoms with E-state index >= 15 is 0 Å². The number of carbonyl (C=O) groups excluding carboxylic acids is 1. The SMILES string of the molecule is COc1ccc2nccc(-n3cc4c(n3)CCC(NC(=O)c3cc5cc(Cl)ccc5[nH]3)C4)c2c1. The van der Waals surface area contributed by atoms with Gasteiger partial charge in [-0.05, 0) is 73.4 Å². The zero-order valence-corrected chi connectivity index (χ0v) is 19.3. The molecule has 2 N–H and O–H groups in total. The molecule has 6 rings (SSSR count). The third-order valence-electron chi connectivity index (χ3n) is 6.41. The number of nitrogens with zero attached hydrogens (tertiary/aromatic N) is 3. The first-order valence-electron chi connectivity index (χ1n) is 11.2. The lowest BCUT2D eigenvalue weighted by molar-refractivity contribution is 0.0929. The number of fused-ring (bicyclic) bond motifs is 3. The maximum Gasteiger partial charge on any atom is 0.267 e. The quantitative estimate of drug-likeness (QED) is 0.392. The molecule has 1 atom stereocenters. The van der Waals surface area contributed by atoms with Gasteiger partial charge in [0.05, 0.1) is 24.0 Å². The lowest BCUT2D eigenvalue weighted by Gasteiger charge is -2.22. The number of aryl methyl sites for hydroxylation is 1. The van der Waals surface area contributed by atoms with Gasteiger partial charge in [0.15, 0.2) is 0 Å². The third kappa shape index (κ3) is 3.68. The summed E-state index contributed by atoms with van der Waals surface area (Å²) in [5, 5.41) is 10.6. The average molecular weight is 472 g/mol. The number of aromatic nitrogens is 4. The van der Waals surface area contributed by atoms with E-state index in [1.807, 2.05) is 53.2 Å². The largest absolute Gasteiger partial charge is 0.497 e. The van der Waals surface area contributed by atoms with Crippen LogP contribution < -0.4 is 10.1 Å². The minimum Gasteiger partial charge on any atom is -0.497 e. The molecule has 0 saturated carbocycles. The van der Waals surface area contributed by atoms with Crippen LogP contribution in [0.25, 0.3) is 27.5 Å². The molecule has 1 aliphatic rings. The second-order valence-electron chi connectivity index (χ2n) is 8.59. The number of halogens is 1. The van der Waals surface area contributed by atoms with Gasteiger partial charge in [0.1, 0.15) is 11.4 Å². The number of rotatable bonds is 4. The Bertz CT molecular complexity index is 1550. The summed E-state index contributed by atoms with van der Waals surface area (Å²) < 4.78 is 7.32. The number of hydrogen-bond acceptors (Lipinski definition) is 4. The van der Waals surface area contributed by atoms with Gasteiger partial charge in [-0.15, -0.1) is 0 Å². The molecule has 1 amide bonds. The Hall–Kier alpha value is -3.84. The molecule has 0 bridgehead atoms. The summed E-state index contributed by atoms with van der Waals surface area (Å²) in [5.74, 6) is 0.668. The molecule has 8 heteroatoms. The average Bonchev–Trinajstić information content (AvgIpc) is 3.47. The maximum absolute atomic E-state index is 12.9. The highest BCUT2D eigenvalue weighted by Gasteiger charge is 2.24. The Balaban J connectivity index is 1.24.